The molecule has 4 rings (SSSR count). The normalized spacial score (nSPS) is 22.4. The first kappa shape index (κ1) is 23.9. The molecule has 2 aliphatic carbocycles. The number of halogens is 1. The molecule has 0 aromatic heterocycles. The third-order valence-corrected chi connectivity index (χ3v) is 8.01. The van der Waals surface area contributed by atoms with Crippen molar-refractivity contribution in [1.29, 1.82) is 0 Å². The Bertz CT molecular complexity index is 1030. The summed E-state index contributed by atoms with van der Waals surface area (Å²) in [7, 11) is -3.51. The van der Waals surface area contributed by atoms with E-state index in [4.69, 9.17) is 4.74 Å². The SMILES string of the molecule is O=C1CCC(C/C=C/CCCS(=O)(=O)NC2(c3ccc(F)c(OCC4CC4)c3)CC2)C(=O)N1. The number of hydrogen-bond donors (Lipinski definition) is 2. The Morgan fingerprint density at radius 3 is 2.67 bits per heavy atom. The molecule has 2 saturated carbocycles. The van der Waals surface area contributed by atoms with E-state index in [2.05, 4.69) is 10.0 Å². The number of carbonyl (C=O) groups excluding carboxylic acids is 2. The summed E-state index contributed by atoms with van der Waals surface area (Å²) in [5.41, 5.74) is 0.0636. The Labute approximate surface area is 194 Å². The first-order valence-corrected chi connectivity index (χ1v) is 13.3. The number of sulfonamides is 1. The van der Waals surface area contributed by atoms with Crippen molar-refractivity contribution in [3.8, 4) is 5.75 Å². The van der Waals surface area contributed by atoms with E-state index in [1.165, 1.54) is 6.07 Å². The highest BCUT2D eigenvalue weighted by atomic mass is 32.2. The zero-order valence-electron chi connectivity index (χ0n) is 18.6. The van der Waals surface area contributed by atoms with Crippen molar-refractivity contribution in [2.24, 2.45) is 11.8 Å². The lowest BCUT2D eigenvalue weighted by molar-refractivity contribution is -0.136. The van der Waals surface area contributed by atoms with Gasteiger partial charge in [-0.2, -0.15) is 0 Å². The third-order valence-electron chi connectivity index (χ3n) is 6.48. The summed E-state index contributed by atoms with van der Waals surface area (Å²) < 4.78 is 47.9. The van der Waals surface area contributed by atoms with E-state index in [1.807, 2.05) is 12.2 Å². The van der Waals surface area contributed by atoms with Gasteiger partial charge in [0.1, 0.15) is 0 Å². The molecule has 1 unspecified atom stereocenters. The van der Waals surface area contributed by atoms with Crippen molar-refractivity contribution < 1.29 is 27.1 Å². The van der Waals surface area contributed by atoms with Gasteiger partial charge in [-0.3, -0.25) is 14.9 Å². The summed E-state index contributed by atoms with van der Waals surface area (Å²) in [6.45, 7) is 0.496. The zero-order chi connectivity index (χ0) is 23.5. The minimum Gasteiger partial charge on any atom is -0.490 e. The van der Waals surface area contributed by atoms with Crippen molar-refractivity contribution in [3.63, 3.8) is 0 Å². The number of benzene rings is 1. The lowest BCUT2D eigenvalue weighted by Crippen LogP contribution is -2.40. The second-order valence-electron chi connectivity index (χ2n) is 9.40. The number of piperidine rings is 1. The average Bonchev–Trinajstić information content (AvgIpc) is 3.68. The lowest BCUT2D eigenvalue weighted by Gasteiger charge is -2.19. The van der Waals surface area contributed by atoms with E-state index in [0.717, 1.165) is 18.4 Å². The number of rotatable bonds is 12. The molecular formula is C24H31FN2O5S. The first-order chi connectivity index (χ1) is 15.8. The van der Waals surface area contributed by atoms with Crippen molar-refractivity contribution in [2.75, 3.05) is 12.4 Å². The molecule has 7 nitrogen and oxygen atoms in total. The maximum Gasteiger partial charge on any atom is 0.229 e. The number of hydrogen-bond acceptors (Lipinski definition) is 5. The molecule has 9 heteroatoms. The van der Waals surface area contributed by atoms with Crippen LogP contribution in [0.2, 0.25) is 0 Å². The van der Waals surface area contributed by atoms with E-state index in [0.29, 0.717) is 57.5 Å². The van der Waals surface area contributed by atoms with Crippen LogP contribution in [0.3, 0.4) is 0 Å². The number of carbonyl (C=O) groups is 2. The van der Waals surface area contributed by atoms with Gasteiger partial charge in [0.2, 0.25) is 21.8 Å². The molecule has 2 N–H and O–H groups in total. The molecule has 3 aliphatic rings. The molecule has 3 fully saturated rings. The van der Waals surface area contributed by atoms with Gasteiger partial charge in [-0.1, -0.05) is 18.2 Å². The fourth-order valence-electron chi connectivity index (χ4n) is 4.06. The minimum atomic E-state index is -3.51. The van der Waals surface area contributed by atoms with E-state index in [1.54, 1.807) is 12.1 Å². The second kappa shape index (κ2) is 9.93. The zero-order valence-corrected chi connectivity index (χ0v) is 19.5. The quantitative estimate of drug-likeness (QED) is 0.273. The van der Waals surface area contributed by atoms with Crippen LogP contribution in [0.5, 0.6) is 5.75 Å². The van der Waals surface area contributed by atoms with Crippen molar-refractivity contribution in [3.05, 3.63) is 41.7 Å². The van der Waals surface area contributed by atoms with Crippen molar-refractivity contribution in [1.82, 2.24) is 10.0 Å². The van der Waals surface area contributed by atoms with Crippen LogP contribution in [0, 0.1) is 17.7 Å². The van der Waals surface area contributed by atoms with Crippen LogP contribution in [0.25, 0.3) is 0 Å². The van der Waals surface area contributed by atoms with Gasteiger partial charge in [-0.25, -0.2) is 17.5 Å². The first-order valence-electron chi connectivity index (χ1n) is 11.7. The van der Waals surface area contributed by atoms with Crippen molar-refractivity contribution >= 4 is 21.8 Å². The molecule has 0 bridgehead atoms. The monoisotopic (exact) mass is 478 g/mol. The standard InChI is InChI=1S/C24H31FN2O5S/c25-20-10-9-19(15-21(20)32-16-17-6-7-17)24(12-13-24)27-33(30,31)14-4-2-1-3-5-18-8-11-22(28)26-23(18)29/h1,3,9-10,15,17-18,27H,2,4-8,11-14,16H2,(H,26,28,29)/b3-1+. The molecule has 0 radical (unpaired) electrons. The predicted molar refractivity (Wildman–Crippen MR) is 121 cm³/mol. The number of unbranched alkanes of at least 4 members (excludes halogenated alkanes) is 1. The smallest absolute Gasteiger partial charge is 0.229 e. The van der Waals surface area contributed by atoms with Crippen LogP contribution in [0.1, 0.15) is 63.4 Å². The van der Waals surface area contributed by atoms with Crippen molar-refractivity contribution in [2.45, 2.75) is 63.3 Å². The van der Waals surface area contributed by atoms with Gasteiger partial charge in [-0.15, -0.1) is 0 Å². The van der Waals surface area contributed by atoms with Crippen LogP contribution >= 0.6 is 0 Å². The minimum absolute atomic E-state index is 0.0102. The topological polar surface area (TPSA) is 102 Å². The van der Waals surface area contributed by atoms with E-state index in [9.17, 15) is 22.4 Å². The fourth-order valence-corrected chi connectivity index (χ4v) is 5.63. The number of amides is 2. The fraction of sp³-hybridized carbons (Fsp3) is 0.583. The largest absolute Gasteiger partial charge is 0.490 e. The maximum atomic E-state index is 14.1. The van der Waals surface area contributed by atoms with Crippen LogP contribution in [0.4, 0.5) is 4.39 Å². The molecule has 1 aliphatic heterocycles. The third kappa shape index (κ3) is 6.63. The molecule has 1 heterocycles. The van der Waals surface area contributed by atoms with Gasteiger partial charge in [0.15, 0.2) is 11.6 Å². The molecule has 2 amide bonds. The Morgan fingerprint density at radius 2 is 1.97 bits per heavy atom. The van der Waals surface area contributed by atoms with Gasteiger partial charge in [0.05, 0.1) is 17.9 Å². The molecule has 180 valence electrons. The highest BCUT2D eigenvalue weighted by molar-refractivity contribution is 7.89. The molecule has 1 saturated heterocycles. The molecule has 0 spiro atoms. The molecule has 1 aromatic rings. The highest BCUT2D eigenvalue weighted by Gasteiger charge is 2.47. The number of allylic oxidation sites excluding steroid dienone is 2. The molecule has 1 aromatic carbocycles. The Kier molecular flexibility index (Phi) is 7.19. The summed E-state index contributed by atoms with van der Waals surface area (Å²) in [5.74, 6) is -0.419. The summed E-state index contributed by atoms with van der Waals surface area (Å²) in [6.07, 6.45) is 9.81. The van der Waals surface area contributed by atoms with E-state index < -0.39 is 21.4 Å². The number of ether oxygens (including phenoxy) is 1. The highest BCUT2D eigenvalue weighted by Crippen LogP contribution is 2.47. The Morgan fingerprint density at radius 1 is 1.18 bits per heavy atom. The van der Waals surface area contributed by atoms with E-state index in [-0.39, 0.29) is 29.2 Å². The second-order valence-corrected chi connectivity index (χ2v) is 11.2. The Hall–Kier alpha value is -2.26. The predicted octanol–water partition coefficient (Wildman–Crippen LogP) is 3.30. The van der Waals surface area contributed by atoms with Gasteiger partial charge in [-0.05, 0) is 75.0 Å². The van der Waals surface area contributed by atoms with Gasteiger partial charge in [0, 0.05) is 12.3 Å². The van der Waals surface area contributed by atoms with Gasteiger partial charge >= 0.3 is 0 Å². The summed E-state index contributed by atoms with van der Waals surface area (Å²) >= 11 is 0. The van der Waals surface area contributed by atoms with Gasteiger partial charge < -0.3 is 4.74 Å². The number of imide groups is 1. The summed E-state index contributed by atoms with van der Waals surface area (Å²) in [4.78, 5) is 22.9. The summed E-state index contributed by atoms with van der Waals surface area (Å²) in [5, 5.41) is 2.34. The number of nitrogens with one attached hydrogen (secondary N) is 2. The molecular weight excluding hydrogens is 447 g/mol. The van der Waals surface area contributed by atoms with Gasteiger partial charge in [0.25, 0.3) is 0 Å². The maximum absolute atomic E-state index is 14.1. The van der Waals surface area contributed by atoms with Crippen LogP contribution in [-0.4, -0.2) is 32.6 Å². The summed E-state index contributed by atoms with van der Waals surface area (Å²) in [6, 6.07) is 4.61. The Balaban J connectivity index is 1.24. The van der Waals surface area contributed by atoms with Crippen LogP contribution in [-0.2, 0) is 25.2 Å². The van der Waals surface area contributed by atoms with Crippen LogP contribution in [0.15, 0.2) is 30.4 Å². The molecule has 33 heavy (non-hydrogen) atoms. The van der Waals surface area contributed by atoms with Crippen LogP contribution < -0.4 is 14.8 Å². The lowest BCUT2D eigenvalue weighted by atomic mass is 9.94. The average molecular weight is 479 g/mol. The van der Waals surface area contributed by atoms with E-state index >= 15 is 0 Å². The molecule has 1 atom stereocenters.